The molecule has 2 aliphatic rings. The Morgan fingerprint density at radius 1 is 0.477 bits per heavy atom. The summed E-state index contributed by atoms with van der Waals surface area (Å²) in [7, 11) is 0. The van der Waals surface area contributed by atoms with E-state index in [1.807, 2.05) is 0 Å². The first-order valence-corrected chi connectivity index (χ1v) is 19.7. The van der Waals surface area contributed by atoms with Gasteiger partial charge in [0, 0.05) is 0 Å². The fourth-order valence-electron chi connectivity index (χ4n) is 7.51. The molecule has 0 nitrogen and oxygen atoms in total. The molecular formula is C43H34Zr. The predicted octanol–water partition coefficient (Wildman–Crippen LogP) is 10.4. The van der Waals surface area contributed by atoms with Crippen molar-refractivity contribution in [2.24, 2.45) is 0 Å². The van der Waals surface area contributed by atoms with Gasteiger partial charge in [0.1, 0.15) is 0 Å². The maximum absolute atomic E-state index is 2.87. The third kappa shape index (κ3) is 4.66. The SMILES string of the molecule is Cc1ccc2c(c1)[CH]([Zr](=[C](c1ccccc1)c1ccccc1)[CH]1C=C(c3ccccc3)c3ccccc31)c1cc(C)ccc1-2. The van der Waals surface area contributed by atoms with Crippen LogP contribution in [-0.4, -0.2) is 3.21 Å². The number of aryl methyl sites for hydroxylation is 2. The van der Waals surface area contributed by atoms with Gasteiger partial charge in [-0.15, -0.1) is 0 Å². The van der Waals surface area contributed by atoms with Crippen LogP contribution >= 0.6 is 0 Å². The number of hydrogen-bond acceptors (Lipinski definition) is 0. The normalized spacial score (nSPS) is 14.9. The van der Waals surface area contributed by atoms with E-state index in [9.17, 15) is 0 Å². The number of fused-ring (bicyclic) bond motifs is 4. The van der Waals surface area contributed by atoms with Gasteiger partial charge < -0.3 is 0 Å². The van der Waals surface area contributed by atoms with Gasteiger partial charge in [-0.25, -0.2) is 0 Å². The van der Waals surface area contributed by atoms with Gasteiger partial charge in [-0.1, -0.05) is 0 Å². The summed E-state index contributed by atoms with van der Waals surface area (Å²) in [5.74, 6) is 0. The Labute approximate surface area is 268 Å². The van der Waals surface area contributed by atoms with Crippen LogP contribution in [0, 0.1) is 13.8 Å². The molecule has 6 aromatic carbocycles. The summed E-state index contributed by atoms with van der Waals surface area (Å²) in [6.45, 7) is 4.51. The first-order valence-electron chi connectivity index (χ1n) is 15.6. The quantitative estimate of drug-likeness (QED) is 0.176. The van der Waals surface area contributed by atoms with Gasteiger partial charge in [-0.2, -0.15) is 0 Å². The van der Waals surface area contributed by atoms with E-state index in [2.05, 4.69) is 172 Å². The number of allylic oxidation sites excluding steroid dienone is 1. The zero-order chi connectivity index (χ0) is 29.6. The molecule has 0 N–H and O–H groups in total. The Balaban J connectivity index is 1.51. The van der Waals surface area contributed by atoms with Gasteiger partial charge in [0.15, 0.2) is 0 Å². The second-order valence-corrected chi connectivity index (χ2v) is 18.6. The summed E-state index contributed by atoms with van der Waals surface area (Å²) in [5.41, 5.74) is 16.9. The van der Waals surface area contributed by atoms with Gasteiger partial charge in [0.25, 0.3) is 0 Å². The molecule has 210 valence electrons. The van der Waals surface area contributed by atoms with E-state index in [4.69, 9.17) is 0 Å². The fourth-order valence-corrected chi connectivity index (χ4v) is 17.4. The first kappa shape index (κ1) is 27.4. The Kier molecular flexibility index (Phi) is 7.08. The zero-order valence-corrected chi connectivity index (χ0v) is 27.6. The van der Waals surface area contributed by atoms with Gasteiger partial charge >= 0.3 is 270 Å². The zero-order valence-electron chi connectivity index (χ0n) is 25.2. The van der Waals surface area contributed by atoms with Crippen LogP contribution in [0.5, 0.6) is 0 Å². The van der Waals surface area contributed by atoms with Crippen molar-refractivity contribution in [3.05, 3.63) is 208 Å². The van der Waals surface area contributed by atoms with Crippen molar-refractivity contribution >= 4 is 8.78 Å². The van der Waals surface area contributed by atoms with Crippen LogP contribution in [0.4, 0.5) is 0 Å². The summed E-state index contributed by atoms with van der Waals surface area (Å²) in [6, 6.07) is 57.3. The Bertz CT molecular complexity index is 1970. The predicted molar refractivity (Wildman–Crippen MR) is 182 cm³/mol. The summed E-state index contributed by atoms with van der Waals surface area (Å²) < 4.78 is 2.37. The summed E-state index contributed by atoms with van der Waals surface area (Å²) in [4.78, 5) is 0. The molecule has 0 spiro atoms. The fraction of sp³-hybridized carbons (Fsp3) is 0.0930. The van der Waals surface area contributed by atoms with E-state index < -0.39 is 21.3 Å². The molecule has 1 unspecified atom stereocenters. The van der Waals surface area contributed by atoms with E-state index in [0.717, 1.165) is 0 Å². The molecule has 0 saturated heterocycles. The minimum absolute atomic E-state index is 0.379. The van der Waals surface area contributed by atoms with Crippen LogP contribution in [0.25, 0.3) is 16.7 Å². The van der Waals surface area contributed by atoms with Crippen LogP contribution in [0.3, 0.4) is 0 Å². The molecular weight excluding hydrogens is 608 g/mol. The van der Waals surface area contributed by atoms with E-state index in [0.29, 0.717) is 7.25 Å². The third-order valence-corrected chi connectivity index (χ3v) is 18.1. The molecule has 1 heteroatoms. The van der Waals surface area contributed by atoms with Crippen LogP contribution in [0.1, 0.15) is 57.3 Å². The molecule has 0 amide bonds. The third-order valence-electron chi connectivity index (χ3n) is 9.39. The van der Waals surface area contributed by atoms with E-state index in [-0.39, 0.29) is 0 Å². The topological polar surface area (TPSA) is 0 Å². The number of rotatable bonds is 5. The molecule has 0 bridgehead atoms. The number of benzene rings is 6. The van der Waals surface area contributed by atoms with Crippen molar-refractivity contribution in [2.45, 2.75) is 21.1 Å². The van der Waals surface area contributed by atoms with Crippen LogP contribution < -0.4 is 0 Å². The second kappa shape index (κ2) is 11.4. The molecule has 0 aliphatic heterocycles. The Morgan fingerprint density at radius 2 is 0.977 bits per heavy atom. The maximum atomic E-state index is 2.67. The van der Waals surface area contributed by atoms with E-state index in [1.54, 1.807) is 3.21 Å². The molecule has 8 rings (SSSR count). The average molecular weight is 642 g/mol. The van der Waals surface area contributed by atoms with Crippen molar-refractivity contribution in [2.75, 3.05) is 0 Å². The number of hydrogen-bond donors (Lipinski definition) is 0. The van der Waals surface area contributed by atoms with Crippen LogP contribution in [0.2, 0.25) is 0 Å². The van der Waals surface area contributed by atoms with Gasteiger partial charge in [-0.05, 0) is 0 Å². The molecule has 0 heterocycles. The molecule has 0 saturated carbocycles. The summed E-state index contributed by atoms with van der Waals surface area (Å²) in [5, 5.41) is 0. The van der Waals surface area contributed by atoms with Gasteiger partial charge in [-0.3, -0.25) is 0 Å². The molecule has 6 aromatic rings. The Hall–Kier alpha value is -4.19. The second-order valence-electron chi connectivity index (χ2n) is 12.2. The molecule has 1 atom stereocenters. The molecule has 0 fully saturated rings. The summed E-state index contributed by atoms with van der Waals surface area (Å²) in [6.07, 6.45) is 2.67. The van der Waals surface area contributed by atoms with Crippen molar-refractivity contribution in [1.29, 1.82) is 0 Å². The molecule has 0 radical (unpaired) electrons. The summed E-state index contributed by atoms with van der Waals surface area (Å²) >= 11 is -2.87. The first-order chi connectivity index (χ1) is 21.7. The van der Waals surface area contributed by atoms with Gasteiger partial charge in [0.05, 0.1) is 0 Å². The molecule has 0 aromatic heterocycles. The van der Waals surface area contributed by atoms with Gasteiger partial charge in [0.2, 0.25) is 0 Å². The Morgan fingerprint density at radius 3 is 1.55 bits per heavy atom. The monoisotopic (exact) mass is 640 g/mol. The van der Waals surface area contributed by atoms with Crippen molar-refractivity contribution in [3.63, 3.8) is 0 Å². The van der Waals surface area contributed by atoms with Crippen molar-refractivity contribution in [1.82, 2.24) is 0 Å². The minimum atomic E-state index is -2.87. The average Bonchev–Trinajstić information content (AvgIpc) is 3.60. The van der Waals surface area contributed by atoms with Crippen molar-refractivity contribution in [3.8, 4) is 11.1 Å². The molecule has 2 aliphatic carbocycles. The van der Waals surface area contributed by atoms with Crippen LogP contribution in [-0.2, 0) is 21.3 Å². The van der Waals surface area contributed by atoms with E-state index in [1.165, 1.54) is 66.8 Å². The van der Waals surface area contributed by atoms with E-state index >= 15 is 0 Å². The standard InChI is InChI=1S/C15H13.C15H11.C13H10.Zr/c1-10-3-5-14-12(7-10)9-13-8-11(2)4-6-15(13)14;1-2-6-12(7-3-1)15-11-10-13-8-4-5-9-14(13)15;1-3-7-12(8-4-1)11-13-9-5-2-6-10-13;/h3-9H,1-2H3;1-11H;1-10H;. The van der Waals surface area contributed by atoms with Crippen LogP contribution in [0.15, 0.2) is 158 Å². The van der Waals surface area contributed by atoms with Crippen molar-refractivity contribution < 1.29 is 21.3 Å². The molecule has 44 heavy (non-hydrogen) atoms.